The molecular weight excluding hydrogens is 376 g/mol. The van der Waals surface area contributed by atoms with Gasteiger partial charge in [0, 0.05) is 23.6 Å². The normalized spacial score (nSPS) is 14.1. The van der Waals surface area contributed by atoms with Crippen molar-refractivity contribution in [1.82, 2.24) is 10.3 Å². The summed E-state index contributed by atoms with van der Waals surface area (Å²) in [6, 6.07) is 8.24. The Hall–Kier alpha value is -3.55. The van der Waals surface area contributed by atoms with Crippen LogP contribution in [0.3, 0.4) is 0 Å². The Morgan fingerprint density at radius 1 is 1.24 bits per heavy atom. The van der Waals surface area contributed by atoms with Crippen molar-refractivity contribution in [2.45, 2.75) is 19.4 Å². The zero-order valence-electron chi connectivity index (χ0n) is 16.0. The second-order valence-corrected chi connectivity index (χ2v) is 6.55. The molecule has 6 nitrogen and oxygen atoms in total. The van der Waals surface area contributed by atoms with Gasteiger partial charge in [0.1, 0.15) is 7.05 Å². The largest absolute Gasteiger partial charge is 0.683 e. The molecular formula is C21H21F2N5O. The summed E-state index contributed by atoms with van der Waals surface area (Å²) in [4.78, 5) is 16.1. The molecule has 150 valence electrons. The third kappa shape index (κ3) is 5.47. The molecule has 1 aliphatic heterocycles. The van der Waals surface area contributed by atoms with Crippen LogP contribution in [0.4, 0.5) is 14.5 Å². The molecule has 0 saturated carbocycles. The summed E-state index contributed by atoms with van der Waals surface area (Å²) in [7, 11) is 1.94. The first-order valence-corrected chi connectivity index (χ1v) is 8.97. The van der Waals surface area contributed by atoms with Crippen molar-refractivity contribution in [3.05, 3.63) is 89.0 Å². The van der Waals surface area contributed by atoms with Crippen LogP contribution < -0.4 is 10.6 Å². The van der Waals surface area contributed by atoms with Crippen molar-refractivity contribution in [1.29, 1.82) is 0 Å². The Balaban J connectivity index is 1.58. The molecule has 8 heteroatoms. The predicted molar refractivity (Wildman–Crippen MR) is 108 cm³/mol. The van der Waals surface area contributed by atoms with Crippen molar-refractivity contribution >= 4 is 17.8 Å². The van der Waals surface area contributed by atoms with Crippen LogP contribution in [-0.4, -0.2) is 28.7 Å². The molecule has 0 radical (unpaired) electrons. The number of anilines is 1. The summed E-state index contributed by atoms with van der Waals surface area (Å²) in [5, 5.41) is 10.3. The van der Waals surface area contributed by atoms with Crippen molar-refractivity contribution in [2.24, 2.45) is 0 Å². The van der Waals surface area contributed by atoms with Crippen LogP contribution in [0.25, 0.3) is 5.32 Å². The van der Waals surface area contributed by atoms with Crippen LogP contribution in [-0.2, 0) is 0 Å². The van der Waals surface area contributed by atoms with Gasteiger partial charge in [-0.05, 0) is 24.4 Å². The molecule has 0 fully saturated rings. The maximum atomic E-state index is 12.8. The van der Waals surface area contributed by atoms with E-state index in [1.54, 1.807) is 30.6 Å². The topological polar surface area (TPSA) is 71.1 Å². The third-order valence-corrected chi connectivity index (χ3v) is 4.22. The van der Waals surface area contributed by atoms with Gasteiger partial charge in [0.15, 0.2) is 18.1 Å². The molecule has 0 bridgehead atoms. The van der Waals surface area contributed by atoms with Crippen LogP contribution in [0.5, 0.6) is 0 Å². The number of nitrogens with zero attached hydrogens (tertiary/aromatic N) is 3. The number of benzene rings is 1. The van der Waals surface area contributed by atoms with Crippen LogP contribution >= 0.6 is 0 Å². The van der Waals surface area contributed by atoms with Gasteiger partial charge in [0.2, 0.25) is 0 Å². The van der Waals surface area contributed by atoms with Gasteiger partial charge in [-0.3, -0.25) is 9.78 Å². The monoisotopic (exact) mass is 397 g/mol. The number of halogens is 2. The molecule has 3 rings (SSSR count). The highest BCUT2D eigenvalue weighted by Crippen LogP contribution is 2.25. The summed E-state index contributed by atoms with van der Waals surface area (Å²) in [5.74, 6) is -0.499. The molecule has 2 aromatic rings. The van der Waals surface area contributed by atoms with Crippen LogP contribution in [0.2, 0.25) is 0 Å². The lowest BCUT2D eigenvalue weighted by atomic mass is 10.1. The molecule has 1 aromatic heterocycles. The number of amides is 1. The smallest absolute Gasteiger partial charge is 0.265 e. The first-order chi connectivity index (χ1) is 13.9. The summed E-state index contributed by atoms with van der Waals surface area (Å²) >= 11 is 0. The standard InChI is InChI=1S/C21H21F2N5O/c1-14(25-6-7-26-19-12-28(2)13-19)15-4-3-5-18(9-15)27-21(29)17-8-16(20(22)23)10-24-11-17/h3-14,20,26H,1-2H3,(H,27,29). The Labute approximate surface area is 167 Å². The van der Waals surface area contributed by atoms with Gasteiger partial charge in [-0.15, -0.1) is 0 Å². The van der Waals surface area contributed by atoms with Gasteiger partial charge in [-0.25, -0.2) is 13.4 Å². The molecule has 1 amide bonds. The van der Waals surface area contributed by atoms with E-state index in [1.165, 1.54) is 6.20 Å². The van der Waals surface area contributed by atoms with E-state index >= 15 is 0 Å². The van der Waals surface area contributed by atoms with E-state index in [0.717, 1.165) is 23.5 Å². The zero-order valence-corrected chi connectivity index (χ0v) is 16.0. The number of carbonyl (C=O) groups excluding carboxylic acids is 1. The van der Waals surface area contributed by atoms with Crippen molar-refractivity contribution in [3.63, 3.8) is 0 Å². The first kappa shape index (κ1) is 20.2. The maximum absolute atomic E-state index is 12.8. The summed E-state index contributed by atoms with van der Waals surface area (Å²) < 4.78 is 27.5. The van der Waals surface area contributed by atoms with Crippen molar-refractivity contribution < 1.29 is 18.2 Å². The molecule has 1 aliphatic rings. The Bertz CT molecular complexity index is 985. The number of rotatable bonds is 8. The lowest BCUT2D eigenvalue weighted by Crippen LogP contribution is -2.21. The molecule has 1 atom stereocenters. The molecule has 2 N–H and O–H groups in total. The van der Waals surface area contributed by atoms with Crippen molar-refractivity contribution in [3.8, 4) is 0 Å². The van der Waals surface area contributed by atoms with Crippen molar-refractivity contribution in [2.75, 3.05) is 12.4 Å². The van der Waals surface area contributed by atoms with Crippen LogP contribution in [0.15, 0.2) is 67.0 Å². The highest BCUT2D eigenvalue weighted by atomic mass is 19.3. The van der Waals surface area contributed by atoms with E-state index in [1.807, 2.05) is 37.0 Å². The lowest BCUT2D eigenvalue weighted by Gasteiger charge is -2.26. The SMILES string of the molecule is CC([N-]C=CNC1=C[N+](C)=C1)c1cccc(NC(=O)c2cncc(C(F)F)c2)c1. The number of hydrogen-bond donors (Lipinski definition) is 2. The van der Waals surface area contributed by atoms with E-state index in [-0.39, 0.29) is 17.2 Å². The molecule has 0 aliphatic carbocycles. The van der Waals surface area contributed by atoms with Gasteiger partial charge in [0.05, 0.1) is 5.56 Å². The minimum absolute atomic E-state index is 0.0766. The highest BCUT2D eigenvalue weighted by molar-refractivity contribution is 6.04. The Kier molecular flexibility index (Phi) is 6.33. The van der Waals surface area contributed by atoms with Gasteiger partial charge in [-0.2, -0.15) is 6.20 Å². The minimum Gasteiger partial charge on any atom is -0.683 e. The molecule has 2 heterocycles. The van der Waals surface area contributed by atoms with E-state index in [0.29, 0.717) is 5.69 Å². The fourth-order valence-corrected chi connectivity index (χ4v) is 2.67. The molecule has 0 spiro atoms. The number of hydrogen-bond acceptors (Lipinski definition) is 3. The summed E-state index contributed by atoms with van der Waals surface area (Å²) in [6.45, 7) is 1.93. The lowest BCUT2D eigenvalue weighted by molar-refractivity contribution is -0.429. The van der Waals surface area contributed by atoms with Gasteiger partial charge < -0.3 is 16.0 Å². The average Bonchev–Trinajstić information content (AvgIpc) is 2.69. The van der Waals surface area contributed by atoms with Crippen LogP contribution in [0.1, 0.15) is 40.9 Å². The van der Waals surface area contributed by atoms with Crippen LogP contribution in [0, 0.1) is 0 Å². The van der Waals surface area contributed by atoms with Gasteiger partial charge >= 0.3 is 0 Å². The minimum atomic E-state index is -2.68. The number of alkyl halides is 2. The highest BCUT2D eigenvalue weighted by Gasteiger charge is 2.13. The predicted octanol–water partition coefficient (Wildman–Crippen LogP) is 4.34. The summed E-state index contributed by atoms with van der Waals surface area (Å²) in [6.07, 6.45) is 6.96. The second kappa shape index (κ2) is 9.09. The van der Waals surface area contributed by atoms with Gasteiger partial charge in [0.25, 0.3) is 12.3 Å². The number of pyridine rings is 1. The fourth-order valence-electron chi connectivity index (χ4n) is 2.67. The molecule has 1 aromatic carbocycles. The molecule has 1 unspecified atom stereocenters. The van der Waals surface area contributed by atoms with E-state index in [2.05, 4.69) is 20.9 Å². The zero-order chi connectivity index (χ0) is 20.8. The third-order valence-electron chi connectivity index (χ3n) is 4.22. The molecule has 29 heavy (non-hydrogen) atoms. The Morgan fingerprint density at radius 2 is 2.03 bits per heavy atom. The van der Waals surface area contributed by atoms with E-state index < -0.39 is 12.3 Å². The second-order valence-electron chi connectivity index (χ2n) is 6.55. The average molecular weight is 397 g/mol. The van der Waals surface area contributed by atoms with E-state index in [4.69, 9.17) is 0 Å². The first-order valence-electron chi connectivity index (χ1n) is 8.97. The maximum Gasteiger partial charge on any atom is 0.265 e. The number of carbonyl (C=O) groups is 1. The number of aromatic nitrogens is 1. The van der Waals surface area contributed by atoms with Gasteiger partial charge in [-0.1, -0.05) is 30.7 Å². The number of allylic oxidation sites excluding steroid dienone is 1. The fraction of sp³-hybridized carbons (Fsp3) is 0.190. The number of nitrogens with one attached hydrogen (secondary N) is 2. The quantitative estimate of drug-likeness (QED) is 0.651. The van der Waals surface area contributed by atoms with E-state index in [9.17, 15) is 13.6 Å². The Morgan fingerprint density at radius 3 is 2.76 bits per heavy atom. The molecule has 0 saturated heterocycles. The summed E-state index contributed by atoms with van der Waals surface area (Å²) in [5.41, 5.74) is 2.24.